The average Bonchev–Trinajstić information content (AvgIpc) is 3.32. The Morgan fingerprint density at radius 1 is 0.493 bits per heavy atom. The molecule has 414 valence electrons. The number of ether oxygens (including phenoxy) is 2. The molecule has 5 amide bonds. The lowest BCUT2D eigenvalue weighted by molar-refractivity contribution is -0.135. The number of carbonyl (C=O) groups is 5. The zero-order chi connectivity index (χ0) is 53.3. The molecular formula is C54H90N6O12S. The first-order valence-electron chi connectivity index (χ1n) is 27.2. The summed E-state index contributed by atoms with van der Waals surface area (Å²) in [5.74, 6) is 1.71. The molecule has 0 bridgehead atoms. The zero-order valence-corrected chi connectivity index (χ0v) is 46.0. The van der Waals surface area contributed by atoms with Gasteiger partial charge in [-0.05, 0) is 155 Å². The van der Waals surface area contributed by atoms with Crippen molar-refractivity contribution in [2.75, 3.05) is 84.8 Å². The fourth-order valence-electron chi connectivity index (χ4n) is 10.3. The second-order valence-corrected chi connectivity index (χ2v) is 24.8. The van der Waals surface area contributed by atoms with Crippen molar-refractivity contribution in [3.63, 3.8) is 0 Å². The van der Waals surface area contributed by atoms with E-state index in [2.05, 4.69) is 35.2 Å². The van der Waals surface area contributed by atoms with Crippen LogP contribution in [0.3, 0.4) is 0 Å². The van der Waals surface area contributed by atoms with Gasteiger partial charge < -0.3 is 44.2 Å². The van der Waals surface area contributed by atoms with Gasteiger partial charge >= 0.3 is 12.2 Å². The van der Waals surface area contributed by atoms with Crippen LogP contribution in [0.25, 0.3) is 0 Å². The fraction of sp³-hybridized carbons (Fsp3) is 0.796. The van der Waals surface area contributed by atoms with Gasteiger partial charge in [-0.1, -0.05) is 30.3 Å². The van der Waals surface area contributed by atoms with Crippen molar-refractivity contribution in [1.82, 2.24) is 29.4 Å². The average molecular weight is 1050 g/mol. The molecule has 6 fully saturated rings. The molecule has 0 spiro atoms. The second-order valence-electron chi connectivity index (χ2n) is 23.2. The third kappa shape index (κ3) is 22.4. The third-order valence-corrected chi connectivity index (χ3v) is 15.2. The van der Waals surface area contributed by atoms with Crippen LogP contribution in [-0.2, 0) is 44.7 Å². The lowest BCUT2D eigenvalue weighted by Crippen LogP contribution is -2.44. The molecule has 6 saturated heterocycles. The number of hydrogen-bond acceptors (Lipinski definition) is 13. The van der Waals surface area contributed by atoms with E-state index in [9.17, 15) is 42.6 Å². The minimum atomic E-state index is -3.45. The van der Waals surface area contributed by atoms with Crippen molar-refractivity contribution in [2.24, 2.45) is 17.8 Å². The van der Waals surface area contributed by atoms with Gasteiger partial charge in [0.2, 0.25) is 17.7 Å². The smallest absolute Gasteiger partial charge is 0.410 e. The highest BCUT2D eigenvalue weighted by Crippen LogP contribution is 2.27. The summed E-state index contributed by atoms with van der Waals surface area (Å²) in [4.78, 5) is 72.9. The summed E-state index contributed by atoms with van der Waals surface area (Å²) >= 11 is 0. The highest BCUT2D eigenvalue weighted by atomic mass is 32.2. The molecule has 6 aliphatic rings. The molecule has 7 rings (SSSR count). The lowest BCUT2D eigenvalue weighted by atomic mass is 9.92. The number of benzene rings is 1. The minimum Gasteiger partial charge on any atom is -0.444 e. The van der Waals surface area contributed by atoms with Crippen LogP contribution in [0, 0.1) is 17.8 Å². The summed E-state index contributed by atoms with van der Waals surface area (Å²) in [6.45, 7) is 20.7. The molecule has 0 unspecified atom stereocenters. The Balaban J connectivity index is 0.000000204. The monoisotopic (exact) mass is 1050 g/mol. The Labute approximate surface area is 436 Å². The Hall–Kier alpha value is -4.04. The van der Waals surface area contributed by atoms with Gasteiger partial charge in [-0.3, -0.25) is 23.5 Å². The van der Waals surface area contributed by atoms with Crippen LogP contribution < -0.4 is 0 Å². The summed E-state index contributed by atoms with van der Waals surface area (Å²) in [7, 11) is -3.45. The number of carbonyl (C=O) groups excluding carboxylic acids is 5. The van der Waals surface area contributed by atoms with Crippen molar-refractivity contribution in [3.8, 4) is 0 Å². The molecule has 0 atom stereocenters. The maximum atomic E-state index is 12.5. The van der Waals surface area contributed by atoms with E-state index in [4.69, 9.17) is 13.7 Å². The van der Waals surface area contributed by atoms with E-state index in [1.165, 1.54) is 5.56 Å². The van der Waals surface area contributed by atoms with E-state index in [1.807, 2.05) is 51.3 Å². The molecule has 0 saturated carbocycles. The molecule has 2 N–H and O–H groups in total. The molecule has 0 radical (unpaired) electrons. The topological polar surface area (TPSA) is 207 Å². The Morgan fingerprint density at radius 3 is 1.14 bits per heavy atom. The van der Waals surface area contributed by atoms with E-state index >= 15 is 0 Å². The van der Waals surface area contributed by atoms with Gasteiger partial charge in [-0.15, -0.1) is 0 Å². The molecule has 1 aromatic carbocycles. The van der Waals surface area contributed by atoms with Crippen LogP contribution in [-0.4, -0.2) is 192 Å². The summed E-state index contributed by atoms with van der Waals surface area (Å²) in [6, 6.07) is 10.6. The van der Waals surface area contributed by atoms with Crippen molar-refractivity contribution in [2.45, 2.75) is 174 Å². The van der Waals surface area contributed by atoms with Crippen LogP contribution >= 0.6 is 0 Å². The van der Waals surface area contributed by atoms with Gasteiger partial charge in [0.1, 0.15) is 11.2 Å². The number of nitrogens with zero attached hydrogens (tertiary/aromatic N) is 6. The Kier molecular flexibility index (Phi) is 23.1. The SMILES string of the molecule is CC(C)(C)OC(=O)N1CCC(CC(=O)N2CCC(O)CC2)CC1.CC(C)(C)OC(=O)N1CCC(CC(=O)N2CCC(OS(C)(=O)=O)CC2)CC1.O=C(CC1CCN(Cc2ccccc2)CC1)N1CCC(O)CC1. The number of amides is 5. The summed E-state index contributed by atoms with van der Waals surface area (Å²) in [5, 5.41) is 19.0. The van der Waals surface area contributed by atoms with Crippen LogP contribution in [0.5, 0.6) is 0 Å². The van der Waals surface area contributed by atoms with E-state index in [0.29, 0.717) is 115 Å². The van der Waals surface area contributed by atoms with Gasteiger partial charge in [0.05, 0.1) is 24.6 Å². The summed E-state index contributed by atoms with van der Waals surface area (Å²) in [5.41, 5.74) is 0.397. The van der Waals surface area contributed by atoms with Crippen LogP contribution in [0.15, 0.2) is 30.3 Å². The quantitative estimate of drug-likeness (QED) is 0.248. The maximum absolute atomic E-state index is 12.5. The lowest BCUT2D eigenvalue weighted by Gasteiger charge is -2.35. The fourth-order valence-corrected chi connectivity index (χ4v) is 11.0. The van der Waals surface area contributed by atoms with E-state index in [-0.39, 0.29) is 48.2 Å². The standard InChI is InChI=1S/C19H28N2O2.C18H32N2O6S.C17H30N2O4/c22-18-8-12-21(13-9-18)19(23)14-16-6-10-20(11-7-16)15-17-4-2-1-3-5-17;1-18(2,3)25-17(22)20-9-5-14(6-10-20)13-16(21)19-11-7-15(8-12-19)26-27(4,23)24;1-17(2,3)23-16(22)19-8-4-13(5-9-19)12-15(21)18-10-6-14(20)7-11-18/h1-5,16,18,22H,6-15H2;14-15H,5-13H2,1-4H3;13-14,20H,4-12H2,1-3H3. The van der Waals surface area contributed by atoms with Crippen molar-refractivity contribution < 1.29 is 56.3 Å². The number of likely N-dealkylation sites (tertiary alicyclic amines) is 6. The molecular weight excluding hydrogens is 957 g/mol. The molecule has 1 aromatic rings. The van der Waals surface area contributed by atoms with Crippen LogP contribution in [0.4, 0.5) is 9.59 Å². The molecule has 0 aliphatic carbocycles. The predicted molar refractivity (Wildman–Crippen MR) is 279 cm³/mol. The third-order valence-electron chi connectivity index (χ3n) is 14.6. The van der Waals surface area contributed by atoms with Crippen LogP contribution in [0.1, 0.15) is 143 Å². The molecule has 6 aliphatic heterocycles. The first-order valence-corrected chi connectivity index (χ1v) is 29.0. The molecule has 73 heavy (non-hydrogen) atoms. The van der Waals surface area contributed by atoms with Crippen molar-refractivity contribution in [3.05, 3.63) is 35.9 Å². The van der Waals surface area contributed by atoms with Gasteiger partial charge in [0.15, 0.2) is 0 Å². The molecule has 18 nitrogen and oxygen atoms in total. The molecule has 0 aromatic heterocycles. The second kappa shape index (κ2) is 28.2. The Morgan fingerprint density at radius 2 is 0.808 bits per heavy atom. The summed E-state index contributed by atoms with van der Waals surface area (Å²) in [6.07, 6.45) is 10.9. The maximum Gasteiger partial charge on any atom is 0.410 e. The number of piperidine rings is 6. The van der Waals surface area contributed by atoms with Gasteiger partial charge in [0.25, 0.3) is 10.1 Å². The van der Waals surface area contributed by atoms with Crippen molar-refractivity contribution >= 4 is 40.0 Å². The minimum absolute atomic E-state index is 0.100. The molecule has 6 heterocycles. The van der Waals surface area contributed by atoms with Gasteiger partial charge in [-0.2, -0.15) is 8.42 Å². The van der Waals surface area contributed by atoms with Crippen LogP contribution in [0.2, 0.25) is 0 Å². The summed E-state index contributed by atoms with van der Waals surface area (Å²) < 4.78 is 38.2. The first-order chi connectivity index (χ1) is 34.4. The molecule has 19 heteroatoms. The van der Waals surface area contributed by atoms with Crippen molar-refractivity contribution in [1.29, 1.82) is 0 Å². The number of aliphatic hydroxyl groups is 2. The first kappa shape index (κ1) is 59.8. The van der Waals surface area contributed by atoms with Gasteiger partial charge in [-0.25, -0.2) is 9.59 Å². The normalized spacial score (nSPS) is 21.1. The van der Waals surface area contributed by atoms with E-state index < -0.39 is 21.3 Å². The highest BCUT2D eigenvalue weighted by Gasteiger charge is 2.33. The zero-order valence-electron chi connectivity index (χ0n) is 45.2. The predicted octanol–water partition coefficient (Wildman–Crippen LogP) is 6.27. The number of hydrogen-bond donors (Lipinski definition) is 2. The van der Waals surface area contributed by atoms with E-state index in [0.717, 1.165) is 90.3 Å². The highest BCUT2D eigenvalue weighted by molar-refractivity contribution is 7.86. The van der Waals surface area contributed by atoms with Gasteiger partial charge in [0, 0.05) is 91.3 Å². The Bertz CT molecular complexity index is 1980. The number of rotatable bonds is 10. The van der Waals surface area contributed by atoms with E-state index in [1.54, 1.807) is 14.7 Å². The number of aliphatic hydroxyl groups excluding tert-OH is 2. The largest absolute Gasteiger partial charge is 0.444 e.